The zero-order chi connectivity index (χ0) is 17.6. The van der Waals surface area contributed by atoms with Crippen LogP contribution in [0.15, 0.2) is 24.5 Å². The third-order valence-electron chi connectivity index (χ3n) is 4.08. The molecule has 5 heteroatoms. The molecule has 0 N–H and O–H groups in total. The molecule has 138 valence electrons. The first-order valence-electron chi connectivity index (χ1n) is 8.86. The van der Waals surface area contributed by atoms with E-state index in [0.29, 0.717) is 58.1 Å². The summed E-state index contributed by atoms with van der Waals surface area (Å²) >= 11 is 0. The number of methoxy groups -OCH3 is 1. The van der Waals surface area contributed by atoms with Crippen LogP contribution in [0.25, 0.3) is 0 Å². The summed E-state index contributed by atoms with van der Waals surface area (Å²) in [7, 11) is 1.66. The molecule has 1 aromatic rings. The van der Waals surface area contributed by atoms with Crippen molar-refractivity contribution in [2.24, 2.45) is 5.92 Å². The van der Waals surface area contributed by atoms with Gasteiger partial charge in [-0.1, -0.05) is 20.8 Å². The number of nitrogens with zero attached hydrogens (tertiary/aromatic N) is 1. The molecule has 1 atom stereocenters. The summed E-state index contributed by atoms with van der Waals surface area (Å²) < 4.78 is 23.5. The fourth-order valence-corrected chi connectivity index (χ4v) is 2.19. The van der Waals surface area contributed by atoms with Gasteiger partial charge in [-0.2, -0.15) is 0 Å². The molecule has 0 aliphatic rings. The minimum absolute atomic E-state index is 0.567. The monoisotopic (exact) mass is 340 g/mol. The molecule has 1 unspecified atom stereocenters. The molecular weight excluding hydrogens is 306 g/mol. The molecule has 0 saturated carbocycles. The largest absolute Gasteiger partial charge is 0.382 e. The van der Waals surface area contributed by atoms with E-state index in [9.17, 15) is 0 Å². The third-order valence-corrected chi connectivity index (χ3v) is 4.08. The highest BCUT2D eigenvalue weighted by atomic mass is 16.6. The molecule has 0 amide bonds. The Bertz CT molecular complexity index is 426. The Morgan fingerprint density at radius 3 is 2.04 bits per heavy atom. The lowest BCUT2D eigenvalue weighted by molar-refractivity contribution is -0.699. The van der Waals surface area contributed by atoms with Crippen molar-refractivity contribution in [1.29, 1.82) is 0 Å². The topological polar surface area (TPSA) is 40.8 Å². The average molecular weight is 340 g/mol. The molecule has 1 rings (SSSR count). The fourth-order valence-electron chi connectivity index (χ4n) is 2.19. The second kappa shape index (κ2) is 13.3. The summed E-state index contributed by atoms with van der Waals surface area (Å²) in [5, 5.41) is 0. The van der Waals surface area contributed by atoms with Gasteiger partial charge in [0.2, 0.25) is 0 Å². The third kappa shape index (κ3) is 9.33. The lowest BCUT2D eigenvalue weighted by atomic mass is 9.91. The van der Waals surface area contributed by atoms with Gasteiger partial charge in [0, 0.05) is 18.7 Å². The quantitative estimate of drug-likeness (QED) is 0.385. The Morgan fingerprint density at radius 1 is 0.875 bits per heavy atom. The van der Waals surface area contributed by atoms with Crippen LogP contribution in [-0.2, 0) is 25.5 Å². The van der Waals surface area contributed by atoms with Crippen LogP contribution in [-0.4, -0.2) is 53.4 Å². The fraction of sp³-hybridized carbons (Fsp3) is 0.737. The van der Waals surface area contributed by atoms with Gasteiger partial charge in [0.15, 0.2) is 18.9 Å². The maximum Gasteiger partial charge on any atom is 0.172 e. The van der Waals surface area contributed by atoms with Crippen LogP contribution in [0.2, 0.25) is 0 Å². The Hall–Kier alpha value is -1.01. The SMILES string of the molecule is COCCOCCOCCOCC[n+]1cccc(C(C)C(C)C)c1. The first-order valence-corrected chi connectivity index (χ1v) is 8.86. The van der Waals surface area contributed by atoms with Crippen molar-refractivity contribution in [3.8, 4) is 0 Å². The summed E-state index contributed by atoms with van der Waals surface area (Å²) in [5.74, 6) is 1.21. The first kappa shape index (κ1) is 21.0. The molecule has 1 heterocycles. The standard InChI is InChI=1S/C19H34NO4/c1-17(2)18(3)19-6-5-7-20(16-19)8-9-22-12-13-24-15-14-23-11-10-21-4/h5-7,16-18H,8-15H2,1-4H3/q+1. The van der Waals surface area contributed by atoms with Crippen LogP contribution in [0, 0.1) is 5.92 Å². The molecule has 0 radical (unpaired) electrons. The summed E-state index contributed by atoms with van der Waals surface area (Å²) in [6.07, 6.45) is 4.32. The Labute approximate surface area is 146 Å². The van der Waals surface area contributed by atoms with Crippen molar-refractivity contribution < 1.29 is 23.5 Å². The highest BCUT2D eigenvalue weighted by Crippen LogP contribution is 2.21. The lowest BCUT2D eigenvalue weighted by Crippen LogP contribution is -2.36. The maximum absolute atomic E-state index is 5.62. The van der Waals surface area contributed by atoms with E-state index in [0.717, 1.165) is 6.54 Å². The number of rotatable bonds is 14. The predicted molar refractivity (Wildman–Crippen MR) is 94.2 cm³/mol. The van der Waals surface area contributed by atoms with Crippen molar-refractivity contribution in [2.45, 2.75) is 33.2 Å². The van der Waals surface area contributed by atoms with Crippen LogP contribution in [0.4, 0.5) is 0 Å². The normalized spacial score (nSPS) is 12.7. The summed E-state index contributed by atoms with van der Waals surface area (Å²) in [6.45, 7) is 12.0. The minimum atomic E-state index is 0.567. The molecule has 0 spiro atoms. The van der Waals surface area contributed by atoms with Crippen LogP contribution >= 0.6 is 0 Å². The van der Waals surface area contributed by atoms with E-state index >= 15 is 0 Å². The summed E-state index contributed by atoms with van der Waals surface area (Å²) in [5.41, 5.74) is 1.38. The molecule has 0 aromatic carbocycles. The smallest absolute Gasteiger partial charge is 0.172 e. The van der Waals surface area contributed by atoms with Gasteiger partial charge in [-0.3, -0.25) is 0 Å². The number of pyridine rings is 1. The van der Waals surface area contributed by atoms with Crippen LogP contribution in [0.3, 0.4) is 0 Å². The van der Waals surface area contributed by atoms with Gasteiger partial charge in [-0.15, -0.1) is 0 Å². The van der Waals surface area contributed by atoms with Gasteiger partial charge in [0.25, 0.3) is 0 Å². The Kier molecular flexibility index (Phi) is 11.7. The van der Waals surface area contributed by atoms with E-state index in [-0.39, 0.29) is 0 Å². The van der Waals surface area contributed by atoms with Crippen LogP contribution in [0.1, 0.15) is 32.3 Å². The number of aromatic nitrogens is 1. The van der Waals surface area contributed by atoms with Crippen LogP contribution < -0.4 is 4.57 Å². The van der Waals surface area contributed by atoms with Gasteiger partial charge < -0.3 is 18.9 Å². The zero-order valence-corrected chi connectivity index (χ0v) is 15.7. The molecule has 1 aromatic heterocycles. The van der Waals surface area contributed by atoms with E-state index in [1.54, 1.807) is 7.11 Å². The predicted octanol–water partition coefficient (Wildman–Crippen LogP) is 2.43. The Morgan fingerprint density at radius 2 is 1.46 bits per heavy atom. The van der Waals surface area contributed by atoms with Gasteiger partial charge >= 0.3 is 0 Å². The van der Waals surface area contributed by atoms with E-state index in [1.807, 2.05) is 0 Å². The molecule has 5 nitrogen and oxygen atoms in total. The van der Waals surface area contributed by atoms with Crippen molar-refractivity contribution in [2.75, 3.05) is 53.4 Å². The molecule has 0 saturated heterocycles. The maximum atomic E-state index is 5.62. The van der Waals surface area contributed by atoms with Crippen molar-refractivity contribution in [3.05, 3.63) is 30.1 Å². The second-order valence-electron chi connectivity index (χ2n) is 6.24. The number of hydrogen-bond acceptors (Lipinski definition) is 4. The van der Waals surface area contributed by atoms with Crippen molar-refractivity contribution in [1.82, 2.24) is 0 Å². The molecule has 0 aliphatic heterocycles. The second-order valence-corrected chi connectivity index (χ2v) is 6.24. The highest BCUT2D eigenvalue weighted by molar-refractivity contribution is 5.11. The van der Waals surface area contributed by atoms with E-state index < -0.39 is 0 Å². The van der Waals surface area contributed by atoms with Gasteiger partial charge in [0.1, 0.15) is 6.61 Å². The van der Waals surface area contributed by atoms with Crippen molar-refractivity contribution >= 4 is 0 Å². The first-order chi connectivity index (χ1) is 11.6. The highest BCUT2D eigenvalue weighted by Gasteiger charge is 2.13. The van der Waals surface area contributed by atoms with Gasteiger partial charge in [-0.25, -0.2) is 4.57 Å². The molecular formula is C19H34NO4+. The van der Waals surface area contributed by atoms with E-state index in [4.69, 9.17) is 18.9 Å². The zero-order valence-electron chi connectivity index (χ0n) is 15.7. The number of ether oxygens (including phenoxy) is 4. The van der Waals surface area contributed by atoms with E-state index in [2.05, 4.69) is 49.9 Å². The Balaban J connectivity index is 2.06. The van der Waals surface area contributed by atoms with Gasteiger partial charge in [-0.05, 0) is 17.9 Å². The molecule has 0 aliphatic carbocycles. The van der Waals surface area contributed by atoms with Crippen LogP contribution in [0.5, 0.6) is 0 Å². The molecule has 0 fully saturated rings. The van der Waals surface area contributed by atoms with Gasteiger partial charge in [0.05, 0.1) is 39.6 Å². The summed E-state index contributed by atoms with van der Waals surface area (Å²) in [6, 6.07) is 4.31. The average Bonchev–Trinajstić information content (AvgIpc) is 2.59. The number of hydrogen-bond donors (Lipinski definition) is 0. The molecule has 24 heavy (non-hydrogen) atoms. The summed E-state index contributed by atoms with van der Waals surface area (Å²) in [4.78, 5) is 0. The van der Waals surface area contributed by atoms with E-state index in [1.165, 1.54) is 5.56 Å². The molecule has 0 bridgehead atoms. The lowest BCUT2D eigenvalue weighted by Gasteiger charge is -2.14. The minimum Gasteiger partial charge on any atom is -0.382 e. The van der Waals surface area contributed by atoms with Crippen molar-refractivity contribution in [3.63, 3.8) is 0 Å².